The van der Waals surface area contributed by atoms with Crippen LogP contribution in [0.5, 0.6) is 0 Å². The molecular weight excluding hydrogens is 416 g/mol. The molecule has 2 aromatic carbocycles. The highest BCUT2D eigenvalue weighted by atomic mass is 35.5. The Morgan fingerprint density at radius 2 is 1.93 bits per heavy atom. The van der Waals surface area contributed by atoms with Crippen molar-refractivity contribution in [3.8, 4) is 0 Å². The lowest BCUT2D eigenvalue weighted by Gasteiger charge is -2.23. The van der Waals surface area contributed by atoms with Crippen LogP contribution in [0.4, 0.5) is 21.9 Å². The zero-order chi connectivity index (χ0) is 21.7. The van der Waals surface area contributed by atoms with Gasteiger partial charge in [-0.3, -0.25) is 30.4 Å². The van der Waals surface area contributed by atoms with Crippen molar-refractivity contribution >= 4 is 40.5 Å². The molecule has 1 aliphatic carbocycles. The van der Waals surface area contributed by atoms with Gasteiger partial charge in [0.05, 0.1) is 21.6 Å². The first-order valence-electron chi connectivity index (χ1n) is 9.08. The molecule has 1 aliphatic rings. The van der Waals surface area contributed by atoms with E-state index in [2.05, 4.69) is 10.5 Å². The fourth-order valence-corrected chi connectivity index (χ4v) is 3.54. The predicted molar refractivity (Wildman–Crippen MR) is 110 cm³/mol. The molecule has 1 saturated carbocycles. The monoisotopic (exact) mass is 432 g/mol. The largest absolute Gasteiger partial charge is 0.437 e. The van der Waals surface area contributed by atoms with Crippen LogP contribution in [0.25, 0.3) is 0 Å². The Hall–Kier alpha value is -3.53. The SMILES string of the molecule is O=C(Nc1cccc(Cl)c1)ON=C1CCCCC1c1ccc([N+](=O)[O-])cc1[N+](=O)[O-]. The average Bonchev–Trinajstić information content (AvgIpc) is 2.72. The summed E-state index contributed by atoms with van der Waals surface area (Å²) in [6.07, 6.45) is 1.80. The van der Waals surface area contributed by atoms with E-state index < -0.39 is 21.9 Å². The van der Waals surface area contributed by atoms with Crippen molar-refractivity contribution in [3.63, 3.8) is 0 Å². The maximum atomic E-state index is 12.0. The second-order valence-electron chi connectivity index (χ2n) is 6.65. The lowest BCUT2D eigenvalue weighted by molar-refractivity contribution is -0.394. The lowest BCUT2D eigenvalue weighted by Crippen LogP contribution is -2.20. The number of anilines is 1. The molecule has 1 amide bonds. The highest BCUT2D eigenvalue weighted by Crippen LogP contribution is 2.37. The number of nitro groups is 2. The number of nitrogens with one attached hydrogen (secondary N) is 1. The molecule has 156 valence electrons. The Balaban J connectivity index is 1.82. The van der Waals surface area contributed by atoms with Crippen molar-refractivity contribution in [2.75, 3.05) is 5.32 Å². The van der Waals surface area contributed by atoms with Crippen LogP contribution in [-0.2, 0) is 4.84 Å². The van der Waals surface area contributed by atoms with E-state index in [4.69, 9.17) is 16.4 Å². The van der Waals surface area contributed by atoms with Crippen LogP contribution in [0.1, 0.15) is 37.2 Å². The first-order valence-corrected chi connectivity index (χ1v) is 9.46. The summed E-state index contributed by atoms with van der Waals surface area (Å²) in [7, 11) is 0. The Kier molecular flexibility index (Phi) is 6.58. The summed E-state index contributed by atoms with van der Waals surface area (Å²) in [5.41, 5.74) is 0.491. The van der Waals surface area contributed by atoms with E-state index in [-0.39, 0.29) is 11.4 Å². The molecule has 2 aromatic rings. The van der Waals surface area contributed by atoms with Crippen LogP contribution in [0.2, 0.25) is 5.02 Å². The van der Waals surface area contributed by atoms with Crippen molar-refractivity contribution in [1.29, 1.82) is 0 Å². The van der Waals surface area contributed by atoms with Crippen molar-refractivity contribution in [3.05, 3.63) is 73.3 Å². The average molecular weight is 433 g/mol. The number of carbonyl (C=O) groups is 1. The number of hydrogen-bond acceptors (Lipinski definition) is 7. The predicted octanol–water partition coefficient (Wildman–Crippen LogP) is 5.42. The zero-order valence-corrected chi connectivity index (χ0v) is 16.4. The van der Waals surface area contributed by atoms with Gasteiger partial charge in [-0.05, 0) is 43.5 Å². The van der Waals surface area contributed by atoms with Gasteiger partial charge in [-0.15, -0.1) is 0 Å². The number of nitro benzene ring substituents is 2. The number of nitrogens with zero attached hydrogens (tertiary/aromatic N) is 3. The molecule has 0 bridgehead atoms. The summed E-state index contributed by atoms with van der Waals surface area (Å²) in [6.45, 7) is 0. The van der Waals surface area contributed by atoms with Gasteiger partial charge in [0.15, 0.2) is 0 Å². The molecule has 30 heavy (non-hydrogen) atoms. The normalized spacial score (nSPS) is 17.4. The minimum Gasteiger partial charge on any atom is -0.298 e. The molecule has 0 spiro atoms. The zero-order valence-electron chi connectivity index (χ0n) is 15.6. The quantitative estimate of drug-likeness (QED) is 0.380. The Bertz CT molecular complexity index is 1030. The third-order valence-corrected chi connectivity index (χ3v) is 4.93. The number of non-ortho nitro benzene ring substituents is 1. The van der Waals surface area contributed by atoms with E-state index in [9.17, 15) is 25.0 Å². The molecule has 0 heterocycles. The third-order valence-electron chi connectivity index (χ3n) is 4.69. The lowest BCUT2D eigenvalue weighted by atomic mass is 9.81. The molecule has 11 heteroatoms. The molecule has 1 N–H and O–H groups in total. The Labute approximate surface area is 175 Å². The molecular formula is C19H17ClN4O6. The molecule has 0 saturated heterocycles. The van der Waals surface area contributed by atoms with E-state index in [0.29, 0.717) is 34.8 Å². The van der Waals surface area contributed by atoms with E-state index in [1.54, 1.807) is 24.3 Å². The van der Waals surface area contributed by atoms with Crippen molar-refractivity contribution < 1.29 is 19.5 Å². The fraction of sp³-hybridized carbons (Fsp3) is 0.263. The maximum Gasteiger partial charge on any atom is 0.437 e. The van der Waals surface area contributed by atoms with Crippen LogP contribution < -0.4 is 5.32 Å². The topological polar surface area (TPSA) is 137 Å². The van der Waals surface area contributed by atoms with Crippen LogP contribution in [0, 0.1) is 20.2 Å². The second kappa shape index (κ2) is 9.31. The highest BCUT2D eigenvalue weighted by Gasteiger charge is 2.31. The van der Waals surface area contributed by atoms with E-state index >= 15 is 0 Å². The van der Waals surface area contributed by atoms with E-state index in [0.717, 1.165) is 18.9 Å². The third kappa shape index (κ3) is 5.09. The summed E-state index contributed by atoms with van der Waals surface area (Å²) in [5, 5.41) is 29.3. The van der Waals surface area contributed by atoms with Gasteiger partial charge >= 0.3 is 6.09 Å². The summed E-state index contributed by atoms with van der Waals surface area (Å²) in [5.74, 6) is -0.473. The van der Waals surface area contributed by atoms with Gasteiger partial charge in [-0.2, -0.15) is 0 Å². The Morgan fingerprint density at radius 3 is 2.63 bits per heavy atom. The maximum absolute atomic E-state index is 12.0. The van der Waals surface area contributed by atoms with E-state index in [1.807, 2.05) is 0 Å². The second-order valence-corrected chi connectivity index (χ2v) is 7.09. The van der Waals surface area contributed by atoms with Crippen molar-refractivity contribution in [2.24, 2.45) is 5.16 Å². The van der Waals surface area contributed by atoms with Crippen LogP contribution >= 0.6 is 11.6 Å². The summed E-state index contributed by atoms with van der Waals surface area (Å²) < 4.78 is 0. The molecule has 0 aromatic heterocycles. The fourth-order valence-electron chi connectivity index (χ4n) is 3.35. The molecule has 0 radical (unpaired) electrons. The van der Waals surface area contributed by atoms with Crippen LogP contribution in [0.3, 0.4) is 0 Å². The molecule has 1 fully saturated rings. The van der Waals surface area contributed by atoms with Gasteiger partial charge in [-0.25, -0.2) is 4.79 Å². The van der Waals surface area contributed by atoms with Gasteiger partial charge in [0.1, 0.15) is 0 Å². The van der Waals surface area contributed by atoms with Gasteiger partial charge in [0, 0.05) is 28.3 Å². The van der Waals surface area contributed by atoms with Gasteiger partial charge in [0.25, 0.3) is 11.4 Å². The van der Waals surface area contributed by atoms with E-state index in [1.165, 1.54) is 12.1 Å². The molecule has 10 nitrogen and oxygen atoms in total. The molecule has 3 rings (SSSR count). The molecule has 1 unspecified atom stereocenters. The summed E-state index contributed by atoms with van der Waals surface area (Å²) >= 11 is 5.87. The minimum atomic E-state index is -0.827. The number of benzene rings is 2. The van der Waals surface area contributed by atoms with Gasteiger partial charge in [0.2, 0.25) is 0 Å². The smallest absolute Gasteiger partial charge is 0.298 e. The van der Waals surface area contributed by atoms with Crippen LogP contribution in [-0.4, -0.2) is 21.7 Å². The summed E-state index contributed by atoms with van der Waals surface area (Å²) in [4.78, 5) is 38.1. The number of oxime groups is 1. The van der Waals surface area contributed by atoms with Crippen molar-refractivity contribution in [1.82, 2.24) is 0 Å². The first kappa shape index (κ1) is 21.2. The standard InChI is InChI=1S/C19H17ClN4O6/c20-12-4-3-5-13(10-12)21-19(25)30-22-17-7-2-1-6-15(17)16-9-8-14(23(26)27)11-18(16)24(28)29/h3-5,8-11,15H,1-2,6-7H2,(H,21,25). The van der Waals surface area contributed by atoms with Gasteiger partial charge < -0.3 is 0 Å². The molecule has 1 atom stereocenters. The highest BCUT2D eigenvalue weighted by molar-refractivity contribution is 6.30. The van der Waals surface area contributed by atoms with Crippen LogP contribution in [0.15, 0.2) is 47.6 Å². The number of carbonyl (C=O) groups excluding carboxylic acids is 1. The first-order chi connectivity index (χ1) is 14.3. The number of hydrogen-bond donors (Lipinski definition) is 1. The Morgan fingerprint density at radius 1 is 1.13 bits per heavy atom. The van der Waals surface area contributed by atoms with Gasteiger partial charge in [-0.1, -0.05) is 29.2 Å². The number of rotatable bonds is 5. The van der Waals surface area contributed by atoms with Crippen molar-refractivity contribution in [2.45, 2.75) is 31.6 Å². The molecule has 0 aliphatic heterocycles. The summed E-state index contributed by atoms with van der Waals surface area (Å²) in [6, 6.07) is 10.0. The minimum absolute atomic E-state index is 0.308. The number of amides is 1. The number of halogens is 1.